The van der Waals surface area contributed by atoms with Crippen LogP contribution in [0.2, 0.25) is 0 Å². The van der Waals surface area contributed by atoms with E-state index in [4.69, 9.17) is 10.5 Å². The third-order valence-corrected chi connectivity index (χ3v) is 10.7. The maximum Gasteiger partial charge on any atom is 0.492 e. The summed E-state index contributed by atoms with van der Waals surface area (Å²) < 4.78 is 107. The lowest BCUT2D eigenvalue weighted by Gasteiger charge is -2.42. The lowest BCUT2D eigenvalue weighted by atomic mass is 9.94. The third-order valence-electron chi connectivity index (χ3n) is 8.62. The molecule has 3 unspecified atom stereocenters. The molecule has 49 heavy (non-hydrogen) atoms. The molecule has 3 aromatic rings. The molecule has 2 heterocycles. The second kappa shape index (κ2) is 14.1. The number of sulfonamides is 1. The SMILES string of the molecule is CC(C)Oc1ccc2cc(CCS(=O)(=O)N(OC(=O)C(F)(F)F)C(C(=O)N3C4CCC3CC(N)C4)C(F)(F)c3ccc(Br)cc3)ccc2c1. The number of halogens is 6. The van der Waals surface area contributed by atoms with E-state index in [9.17, 15) is 31.2 Å². The van der Waals surface area contributed by atoms with Crippen molar-refractivity contribution >= 4 is 48.6 Å². The Labute approximate surface area is 288 Å². The van der Waals surface area contributed by atoms with Crippen LogP contribution >= 0.6 is 15.9 Å². The van der Waals surface area contributed by atoms with Crippen LogP contribution in [0.5, 0.6) is 5.75 Å². The summed E-state index contributed by atoms with van der Waals surface area (Å²) >= 11 is 3.12. The highest BCUT2D eigenvalue weighted by atomic mass is 79.9. The zero-order valence-electron chi connectivity index (χ0n) is 26.5. The fraction of sp³-hybridized carbons (Fsp3) is 0.455. The number of alkyl halides is 5. The highest BCUT2D eigenvalue weighted by Gasteiger charge is 2.60. The Bertz CT molecular complexity index is 1790. The van der Waals surface area contributed by atoms with Gasteiger partial charge in [0.2, 0.25) is 16.1 Å². The number of fused-ring (bicyclic) bond motifs is 3. The molecule has 0 aliphatic carbocycles. The van der Waals surface area contributed by atoms with E-state index < -0.39 is 67.9 Å². The molecule has 3 aromatic carbocycles. The number of aryl methyl sites for hydroxylation is 1. The van der Waals surface area contributed by atoms with Gasteiger partial charge in [-0.1, -0.05) is 52.3 Å². The van der Waals surface area contributed by atoms with Gasteiger partial charge in [-0.2, -0.15) is 22.0 Å². The Morgan fingerprint density at radius 3 is 2.14 bits per heavy atom. The number of rotatable bonds is 11. The normalized spacial score (nSPS) is 20.6. The summed E-state index contributed by atoms with van der Waals surface area (Å²) in [5, 5.41) is 1.43. The van der Waals surface area contributed by atoms with Gasteiger partial charge in [0.1, 0.15) is 5.75 Å². The van der Waals surface area contributed by atoms with Gasteiger partial charge in [0.05, 0.1) is 11.9 Å². The summed E-state index contributed by atoms with van der Waals surface area (Å²) in [6.45, 7) is 3.73. The van der Waals surface area contributed by atoms with E-state index in [1.165, 1.54) is 12.1 Å². The van der Waals surface area contributed by atoms with Gasteiger partial charge in [0.15, 0.2) is 0 Å². The molecule has 0 saturated carbocycles. The summed E-state index contributed by atoms with van der Waals surface area (Å²) in [7, 11) is -5.35. The molecule has 3 atom stereocenters. The molecular formula is C33H35BrF5N3O6S. The Balaban J connectivity index is 1.54. The second-order valence-electron chi connectivity index (χ2n) is 12.6. The molecule has 9 nitrogen and oxygen atoms in total. The van der Waals surface area contributed by atoms with Crippen LogP contribution in [-0.4, -0.2) is 71.9 Å². The monoisotopic (exact) mass is 775 g/mol. The van der Waals surface area contributed by atoms with Crippen molar-refractivity contribution in [2.24, 2.45) is 5.73 Å². The lowest BCUT2D eigenvalue weighted by Crippen LogP contribution is -2.62. The van der Waals surface area contributed by atoms with Crippen LogP contribution in [0.3, 0.4) is 0 Å². The van der Waals surface area contributed by atoms with Crippen molar-refractivity contribution in [3.05, 3.63) is 76.3 Å². The highest BCUT2D eigenvalue weighted by Crippen LogP contribution is 2.42. The maximum atomic E-state index is 16.6. The molecule has 2 fully saturated rings. The van der Waals surface area contributed by atoms with Gasteiger partial charge in [0, 0.05) is 28.2 Å². The number of carbonyl (C=O) groups excluding carboxylic acids is 2. The van der Waals surface area contributed by atoms with Crippen LogP contribution in [0.25, 0.3) is 10.8 Å². The topological polar surface area (TPSA) is 119 Å². The first kappa shape index (κ1) is 36.9. The fourth-order valence-electron chi connectivity index (χ4n) is 6.44. The molecule has 16 heteroatoms. The van der Waals surface area contributed by atoms with E-state index in [0.29, 0.717) is 34.0 Å². The van der Waals surface area contributed by atoms with Crippen LogP contribution in [0.15, 0.2) is 65.1 Å². The predicted octanol–water partition coefficient (Wildman–Crippen LogP) is 6.23. The van der Waals surface area contributed by atoms with Crippen LogP contribution in [0.1, 0.15) is 50.7 Å². The molecule has 2 saturated heterocycles. The highest BCUT2D eigenvalue weighted by molar-refractivity contribution is 9.10. The van der Waals surface area contributed by atoms with Crippen molar-refractivity contribution in [3.63, 3.8) is 0 Å². The molecular weight excluding hydrogens is 741 g/mol. The number of hydrogen-bond acceptors (Lipinski definition) is 7. The molecule has 2 aliphatic rings. The Morgan fingerprint density at radius 1 is 0.959 bits per heavy atom. The Kier molecular flexibility index (Phi) is 10.6. The van der Waals surface area contributed by atoms with Gasteiger partial charge in [-0.15, -0.1) is 0 Å². The van der Waals surface area contributed by atoms with Crippen LogP contribution < -0.4 is 10.5 Å². The summed E-state index contributed by atoms with van der Waals surface area (Å²) in [6, 6.07) is 9.42. The second-order valence-corrected chi connectivity index (χ2v) is 15.4. The predicted molar refractivity (Wildman–Crippen MR) is 174 cm³/mol. The average Bonchev–Trinajstić information content (AvgIpc) is 3.29. The minimum Gasteiger partial charge on any atom is -0.491 e. The van der Waals surface area contributed by atoms with E-state index in [-0.39, 0.29) is 31.4 Å². The van der Waals surface area contributed by atoms with E-state index in [1.54, 1.807) is 36.4 Å². The van der Waals surface area contributed by atoms with Gasteiger partial charge in [-0.05, 0) is 91.0 Å². The number of piperidine rings is 1. The molecule has 5 rings (SSSR count). The largest absolute Gasteiger partial charge is 0.492 e. The third kappa shape index (κ3) is 8.18. The van der Waals surface area contributed by atoms with Gasteiger partial charge in [-0.3, -0.25) is 4.79 Å². The average molecular weight is 777 g/mol. The van der Waals surface area contributed by atoms with Crippen molar-refractivity contribution < 1.29 is 49.5 Å². The number of carbonyl (C=O) groups is 2. The fourth-order valence-corrected chi connectivity index (χ4v) is 8.11. The smallest absolute Gasteiger partial charge is 0.491 e. The first-order valence-corrected chi connectivity index (χ1v) is 18.0. The van der Waals surface area contributed by atoms with Crippen molar-refractivity contribution in [2.45, 2.75) is 88.3 Å². The van der Waals surface area contributed by atoms with Crippen LogP contribution in [-0.2, 0) is 36.8 Å². The number of benzene rings is 3. The van der Waals surface area contributed by atoms with Gasteiger partial charge in [0.25, 0.3) is 5.91 Å². The molecule has 2 N–H and O–H groups in total. The number of nitrogens with zero attached hydrogens (tertiary/aromatic N) is 2. The number of ether oxygens (including phenoxy) is 1. The van der Waals surface area contributed by atoms with Crippen molar-refractivity contribution in [3.8, 4) is 5.75 Å². The van der Waals surface area contributed by atoms with Crippen molar-refractivity contribution in [1.82, 2.24) is 9.37 Å². The minimum atomic E-state index is -5.78. The first-order chi connectivity index (χ1) is 22.9. The molecule has 2 aliphatic heterocycles. The lowest BCUT2D eigenvalue weighted by molar-refractivity contribution is -0.240. The summed E-state index contributed by atoms with van der Waals surface area (Å²) in [4.78, 5) is 31.8. The summed E-state index contributed by atoms with van der Waals surface area (Å²) in [6.07, 6.45) is -5.03. The van der Waals surface area contributed by atoms with Gasteiger partial charge >= 0.3 is 18.1 Å². The van der Waals surface area contributed by atoms with Gasteiger partial charge < -0.3 is 20.2 Å². The van der Waals surface area contributed by atoms with Crippen molar-refractivity contribution in [1.29, 1.82) is 0 Å². The minimum absolute atomic E-state index is 0.0779. The number of nitrogens with two attached hydrogens (primary N) is 1. The summed E-state index contributed by atoms with van der Waals surface area (Å²) in [5.74, 6) is -9.50. The maximum absolute atomic E-state index is 16.6. The Morgan fingerprint density at radius 2 is 1.55 bits per heavy atom. The zero-order valence-corrected chi connectivity index (χ0v) is 28.9. The molecule has 0 radical (unpaired) electrons. The number of amides is 1. The first-order valence-electron chi connectivity index (χ1n) is 15.6. The van der Waals surface area contributed by atoms with E-state index in [0.717, 1.165) is 22.4 Å². The zero-order chi connectivity index (χ0) is 35.9. The van der Waals surface area contributed by atoms with Gasteiger partial charge in [-0.25, -0.2) is 13.2 Å². The van der Waals surface area contributed by atoms with E-state index in [2.05, 4.69) is 20.8 Å². The van der Waals surface area contributed by atoms with E-state index >= 15 is 8.78 Å². The molecule has 1 amide bonds. The molecule has 2 bridgehead atoms. The van der Waals surface area contributed by atoms with Crippen LogP contribution in [0.4, 0.5) is 22.0 Å². The Hall–Kier alpha value is -3.34. The van der Waals surface area contributed by atoms with Crippen LogP contribution in [0, 0.1) is 0 Å². The molecule has 266 valence electrons. The summed E-state index contributed by atoms with van der Waals surface area (Å²) in [5.41, 5.74) is 5.60. The molecule has 0 spiro atoms. The van der Waals surface area contributed by atoms with Crippen molar-refractivity contribution in [2.75, 3.05) is 5.75 Å². The number of hydroxylamine groups is 1. The quantitative estimate of drug-likeness (QED) is 0.181. The number of hydrogen-bond donors (Lipinski definition) is 1. The molecule has 0 aromatic heterocycles. The standard InChI is InChI=1S/C33H35BrF5N3O6S/c1-19(2)47-28-12-5-21-15-20(3-4-22(21)16-28)13-14-49(45,46)42(48-31(44)33(37,38)39)29(32(35,36)23-6-8-24(34)9-7-23)30(43)41-26-10-11-27(41)18-25(40)17-26/h3-9,12,15-16,19,25-27,29H,10-11,13-14,17-18,40H2,1-2H3. The van der Waals surface area contributed by atoms with E-state index in [1.807, 2.05) is 13.8 Å².